The largest absolute Gasteiger partial charge is 0.493 e. The molecule has 8 heteroatoms. The smallest absolute Gasteiger partial charge is 0.339 e. The third kappa shape index (κ3) is 3.16. The van der Waals surface area contributed by atoms with Crippen LogP contribution in [-0.2, 0) is 4.79 Å². The summed E-state index contributed by atoms with van der Waals surface area (Å²) in [5.74, 6) is -1.42. The van der Waals surface area contributed by atoms with Gasteiger partial charge in [-0.15, -0.1) is 0 Å². The van der Waals surface area contributed by atoms with Crippen molar-refractivity contribution >= 4 is 17.6 Å². The van der Waals surface area contributed by atoms with Crippen molar-refractivity contribution in [2.75, 3.05) is 19.5 Å². The molecule has 2 heterocycles. The first-order valence-electron chi connectivity index (χ1n) is 9.19. The summed E-state index contributed by atoms with van der Waals surface area (Å²) in [7, 11) is 3.03. The van der Waals surface area contributed by atoms with Crippen LogP contribution < -0.4 is 14.8 Å². The minimum absolute atomic E-state index is 0.0470. The maximum Gasteiger partial charge on any atom is 0.339 e. The quantitative estimate of drug-likeness (QED) is 0.668. The Labute approximate surface area is 171 Å². The number of carbonyl (C=O) groups excluding carboxylic acids is 1. The van der Waals surface area contributed by atoms with E-state index in [2.05, 4.69) is 5.32 Å². The fourth-order valence-corrected chi connectivity index (χ4v) is 3.89. The number of para-hydroxylation sites is 1. The molecule has 7 nitrogen and oxygen atoms in total. The van der Waals surface area contributed by atoms with E-state index in [4.69, 9.17) is 9.47 Å². The van der Waals surface area contributed by atoms with E-state index in [0.29, 0.717) is 28.4 Å². The Morgan fingerprint density at radius 1 is 1.17 bits per heavy atom. The lowest BCUT2D eigenvalue weighted by Gasteiger charge is -2.27. The predicted molar refractivity (Wildman–Crippen MR) is 107 cm³/mol. The number of carboxylic acid groups (broad SMARTS) is 1. The number of methoxy groups -OCH3 is 2. The molecule has 3 aromatic rings. The molecule has 2 N–H and O–H groups in total. The first-order chi connectivity index (χ1) is 14.4. The molecule has 0 saturated heterocycles. The van der Waals surface area contributed by atoms with Gasteiger partial charge in [-0.1, -0.05) is 12.1 Å². The highest BCUT2D eigenvalue weighted by Gasteiger charge is 2.36. The maximum absolute atomic E-state index is 13.5. The fourth-order valence-electron chi connectivity index (χ4n) is 3.89. The Balaban J connectivity index is 1.99. The maximum atomic E-state index is 13.5. The zero-order valence-electron chi connectivity index (χ0n) is 16.3. The monoisotopic (exact) mass is 410 g/mol. The van der Waals surface area contributed by atoms with Gasteiger partial charge in [-0.2, -0.15) is 0 Å². The number of aromatic nitrogens is 1. The number of anilines is 1. The number of aromatic carboxylic acids is 1. The van der Waals surface area contributed by atoms with Crippen LogP contribution in [-0.4, -0.2) is 35.8 Å². The zero-order chi connectivity index (χ0) is 21.4. The summed E-state index contributed by atoms with van der Waals surface area (Å²) in [5.41, 5.74) is 2.01. The van der Waals surface area contributed by atoms with Gasteiger partial charge in [-0.3, -0.25) is 4.79 Å². The summed E-state index contributed by atoms with van der Waals surface area (Å²) in [4.78, 5) is 24.4. The highest BCUT2D eigenvalue weighted by Crippen LogP contribution is 2.46. The minimum Gasteiger partial charge on any atom is -0.493 e. The second-order valence-corrected chi connectivity index (χ2v) is 6.84. The molecule has 30 heavy (non-hydrogen) atoms. The second-order valence-electron chi connectivity index (χ2n) is 6.84. The number of amides is 1. The number of benzene rings is 2. The van der Waals surface area contributed by atoms with E-state index >= 15 is 0 Å². The van der Waals surface area contributed by atoms with Crippen molar-refractivity contribution in [3.8, 4) is 17.2 Å². The molecule has 0 unspecified atom stereocenters. The molecule has 1 aromatic heterocycles. The predicted octanol–water partition coefficient (Wildman–Crippen LogP) is 3.81. The van der Waals surface area contributed by atoms with E-state index in [0.717, 1.165) is 0 Å². The second kappa shape index (κ2) is 7.55. The summed E-state index contributed by atoms with van der Waals surface area (Å²) in [6.07, 6.45) is 1.52. The molecule has 0 fully saturated rings. The van der Waals surface area contributed by atoms with Crippen molar-refractivity contribution in [1.82, 2.24) is 4.57 Å². The highest BCUT2D eigenvalue weighted by molar-refractivity contribution is 6.04. The number of nitrogens with one attached hydrogen (secondary N) is 1. The molecular formula is C22H19FN2O5. The average Bonchev–Trinajstić information content (AvgIpc) is 3.12. The summed E-state index contributed by atoms with van der Waals surface area (Å²) >= 11 is 0. The topological polar surface area (TPSA) is 89.8 Å². The zero-order valence-corrected chi connectivity index (χ0v) is 16.3. The van der Waals surface area contributed by atoms with E-state index in [9.17, 15) is 19.1 Å². The number of rotatable bonds is 5. The Morgan fingerprint density at radius 2 is 1.90 bits per heavy atom. The van der Waals surface area contributed by atoms with E-state index in [1.165, 1.54) is 32.5 Å². The van der Waals surface area contributed by atoms with Gasteiger partial charge in [0.1, 0.15) is 11.4 Å². The van der Waals surface area contributed by atoms with Crippen molar-refractivity contribution < 1.29 is 28.6 Å². The molecule has 1 aliphatic heterocycles. The van der Waals surface area contributed by atoms with E-state index in [1.807, 2.05) is 6.07 Å². The normalized spacial score (nSPS) is 15.3. The Kier molecular flexibility index (Phi) is 4.91. The van der Waals surface area contributed by atoms with Crippen molar-refractivity contribution in [1.29, 1.82) is 0 Å². The molecule has 4 rings (SSSR count). The number of ether oxygens (including phenoxy) is 2. The third-order valence-corrected chi connectivity index (χ3v) is 5.17. The SMILES string of the molecule is COc1cccc([C@H]2CC(=O)Nc3c(C(=O)O)cn(-c4ccc(F)cc4)c32)c1OC. The molecule has 1 amide bonds. The van der Waals surface area contributed by atoms with Gasteiger partial charge in [0.2, 0.25) is 5.91 Å². The van der Waals surface area contributed by atoms with Gasteiger partial charge in [0.25, 0.3) is 0 Å². The molecule has 0 radical (unpaired) electrons. The molecule has 1 aliphatic rings. The first kappa shape index (κ1) is 19.5. The molecule has 0 spiro atoms. The van der Waals surface area contributed by atoms with Gasteiger partial charge < -0.3 is 24.5 Å². The van der Waals surface area contributed by atoms with Crippen LogP contribution in [0.1, 0.15) is 34.0 Å². The Bertz CT molecular complexity index is 1140. The number of hydrogen-bond acceptors (Lipinski definition) is 4. The molecular weight excluding hydrogens is 391 g/mol. The van der Waals surface area contributed by atoms with Crippen LogP contribution in [0.2, 0.25) is 0 Å². The van der Waals surface area contributed by atoms with Crippen molar-refractivity contribution in [3.63, 3.8) is 0 Å². The van der Waals surface area contributed by atoms with Gasteiger partial charge in [-0.25, -0.2) is 9.18 Å². The fraction of sp³-hybridized carbons (Fsp3) is 0.182. The molecule has 0 saturated carbocycles. The van der Waals surface area contributed by atoms with Gasteiger partial charge >= 0.3 is 5.97 Å². The lowest BCUT2D eigenvalue weighted by Crippen LogP contribution is -2.25. The van der Waals surface area contributed by atoms with Crippen molar-refractivity contribution in [2.24, 2.45) is 0 Å². The number of fused-ring (bicyclic) bond motifs is 1. The van der Waals surface area contributed by atoms with Crippen LogP contribution in [0, 0.1) is 5.82 Å². The molecule has 1 atom stereocenters. The van der Waals surface area contributed by atoms with Crippen molar-refractivity contribution in [3.05, 3.63) is 71.3 Å². The van der Waals surface area contributed by atoms with Crippen LogP contribution in [0.4, 0.5) is 10.1 Å². The summed E-state index contributed by atoms with van der Waals surface area (Å²) < 4.78 is 26.1. The van der Waals surface area contributed by atoms with Crippen LogP contribution in [0.15, 0.2) is 48.7 Å². The van der Waals surface area contributed by atoms with E-state index in [1.54, 1.807) is 28.8 Å². The number of nitrogens with zero attached hydrogens (tertiary/aromatic N) is 1. The number of carbonyl (C=O) groups is 2. The third-order valence-electron chi connectivity index (χ3n) is 5.17. The number of carboxylic acids is 1. The number of hydrogen-bond donors (Lipinski definition) is 2. The van der Waals surface area contributed by atoms with E-state index < -0.39 is 17.7 Å². The van der Waals surface area contributed by atoms with Gasteiger partial charge in [0.05, 0.1) is 25.6 Å². The first-order valence-corrected chi connectivity index (χ1v) is 9.19. The van der Waals surface area contributed by atoms with Crippen LogP contribution in [0.3, 0.4) is 0 Å². The Morgan fingerprint density at radius 3 is 2.53 bits per heavy atom. The van der Waals surface area contributed by atoms with Gasteiger partial charge in [0.15, 0.2) is 11.5 Å². The molecule has 2 aromatic carbocycles. The highest BCUT2D eigenvalue weighted by atomic mass is 19.1. The van der Waals surface area contributed by atoms with Gasteiger partial charge in [0, 0.05) is 29.8 Å². The summed E-state index contributed by atoms with van der Waals surface area (Å²) in [5, 5.41) is 12.4. The van der Waals surface area contributed by atoms with Crippen LogP contribution in [0.5, 0.6) is 11.5 Å². The summed E-state index contributed by atoms with van der Waals surface area (Å²) in [6, 6.07) is 11.0. The van der Waals surface area contributed by atoms with Crippen LogP contribution in [0.25, 0.3) is 5.69 Å². The minimum atomic E-state index is -1.18. The van der Waals surface area contributed by atoms with Crippen LogP contribution >= 0.6 is 0 Å². The molecule has 0 aliphatic carbocycles. The standard InChI is InChI=1S/C22H19FN2O5/c1-29-17-5-3-4-14(21(17)30-2)15-10-18(26)24-19-16(22(27)28)11-25(20(15)19)13-8-6-12(23)7-9-13/h3-9,11,15H,10H2,1-2H3,(H,24,26)(H,27,28)/t15-/m1/s1. The molecule has 154 valence electrons. The lowest BCUT2D eigenvalue weighted by atomic mass is 9.87. The number of halogens is 1. The van der Waals surface area contributed by atoms with Crippen molar-refractivity contribution in [2.45, 2.75) is 12.3 Å². The molecule has 0 bridgehead atoms. The Hall–Kier alpha value is -3.81. The van der Waals surface area contributed by atoms with Gasteiger partial charge in [-0.05, 0) is 30.3 Å². The van der Waals surface area contributed by atoms with E-state index in [-0.39, 0.29) is 23.6 Å². The summed E-state index contributed by atoms with van der Waals surface area (Å²) in [6.45, 7) is 0. The lowest BCUT2D eigenvalue weighted by molar-refractivity contribution is -0.116. The average molecular weight is 410 g/mol.